The molecule has 0 aliphatic carbocycles. The zero-order valence-corrected chi connectivity index (χ0v) is 20.9. The maximum atomic E-state index is 11.4. The van der Waals surface area contributed by atoms with Gasteiger partial charge >= 0.3 is 0 Å². The van der Waals surface area contributed by atoms with E-state index in [-0.39, 0.29) is 5.75 Å². The number of anilines is 2. The fourth-order valence-electron chi connectivity index (χ4n) is 5.13. The zero-order valence-electron chi connectivity index (χ0n) is 20.9. The molecular formula is C35H28N2O. The van der Waals surface area contributed by atoms with Crippen LogP contribution in [-0.2, 0) is 6.54 Å². The summed E-state index contributed by atoms with van der Waals surface area (Å²) in [5.74, 6) is 0.266. The van der Waals surface area contributed by atoms with Crippen LogP contribution in [0.2, 0.25) is 0 Å². The highest BCUT2D eigenvalue weighted by molar-refractivity contribution is 6.04. The van der Waals surface area contributed by atoms with E-state index >= 15 is 0 Å². The number of benzene rings is 6. The van der Waals surface area contributed by atoms with Crippen LogP contribution in [0.4, 0.5) is 11.4 Å². The van der Waals surface area contributed by atoms with Crippen LogP contribution in [0.25, 0.3) is 44.2 Å². The molecule has 0 spiro atoms. The van der Waals surface area contributed by atoms with Crippen LogP contribution >= 0.6 is 0 Å². The summed E-state index contributed by atoms with van der Waals surface area (Å²) in [5, 5.41) is 16.7. The topological polar surface area (TPSA) is 58.3 Å². The van der Waals surface area contributed by atoms with Crippen molar-refractivity contribution in [1.82, 2.24) is 0 Å². The third-order valence-electron chi connectivity index (χ3n) is 7.03. The first-order valence-electron chi connectivity index (χ1n) is 12.8. The number of hydrogen-bond donors (Lipinski definition) is 3. The predicted octanol–water partition coefficient (Wildman–Crippen LogP) is 8.74. The van der Waals surface area contributed by atoms with Crippen molar-refractivity contribution >= 4 is 22.1 Å². The van der Waals surface area contributed by atoms with Gasteiger partial charge in [0.25, 0.3) is 0 Å². The van der Waals surface area contributed by atoms with Gasteiger partial charge in [0, 0.05) is 17.5 Å². The first-order valence-corrected chi connectivity index (χ1v) is 12.8. The summed E-state index contributed by atoms with van der Waals surface area (Å²) in [5.41, 5.74) is 15.5. The molecular weight excluding hydrogens is 464 g/mol. The molecule has 6 aromatic rings. The van der Waals surface area contributed by atoms with Gasteiger partial charge in [-0.1, -0.05) is 115 Å². The minimum absolute atomic E-state index is 0.266. The number of phenols is 1. The lowest BCUT2D eigenvalue weighted by molar-refractivity contribution is 0.481. The van der Waals surface area contributed by atoms with Gasteiger partial charge in [0.1, 0.15) is 5.75 Å². The molecule has 0 fully saturated rings. The maximum absolute atomic E-state index is 11.4. The van der Waals surface area contributed by atoms with Crippen molar-refractivity contribution in [3.05, 3.63) is 139 Å². The maximum Gasteiger partial charge on any atom is 0.124 e. The second-order valence-corrected chi connectivity index (χ2v) is 9.41. The van der Waals surface area contributed by atoms with Crippen LogP contribution in [0.5, 0.6) is 5.75 Å². The lowest BCUT2D eigenvalue weighted by atomic mass is 9.91. The normalized spacial score (nSPS) is 10.9. The molecule has 184 valence electrons. The van der Waals surface area contributed by atoms with E-state index in [1.807, 2.05) is 78.9 Å². The number of nitrogens with two attached hydrogens (primary N) is 1. The molecule has 3 heteroatoms. The Morgan fingerprint density at radius 3 is 1.82 bits per heavy atom. The molecule has 0 aliphatic rings. The largest absolute Gasteiger partial charge is 0.507 e. The number of para-hydroxylation sites is 1. The fraction of sp³-hybridized carbons (Fsp3) is 0.0286. The summed E-state index contributed by atoms with van der Waals surface area (Å²) in [6.07, 6.45) is 0. The van der Waals surface area contributed by atoms with E-state index in [9.17, 15) is 5.11 Å². The molecule has 0 bridgehead atoms. The summed E-state index contributed by atoms with van der Waals surface area (Å²) in [4.78, 5) is 0. The first-order chi connectivity index (χ1) is 18.7. The molecule has 0 saturated carbocycles. The number of rotatable bonds is 6. The smallest absolute Gasteiger partial charge is 0.124 e. The molecule has 6 rings (SSSR count). The summed E-state index contributed by atoms with van der Waals surface area (Å²) < 4.78 is 0. The lowest BCUT2D eigenvalue weighted by Crippen LogP contribution is -2.04. The zero-order chi connectivity index (χ0) is 25.9. The van der Waals surface area contributed by atoms with Crippen molar-refractivity contribution in [2.45, 2.75) is 6.54 Å². The van der Waals surface area contributed by atoms with Crippen molar-refractivity contribution in [3.63, 3.8) is 0 Å². The van der Waals surface area contributed by atoms with E-state index in [4.69, 9.17) is 5.73 Å². The Balaban J connectivity index is 1.43. The van der Waals surface area contributed by atoms with Gasteiger partial charge in [-0.05, 0) is 57.0 Å². The first kappa shape index (κ1) is 23.4. The summed E-state index contributed by atoms with van der Waals surface area (Å²) >= 11 is 0. The highest BCUT2D eigenvalue weighted by Gasteiger charge is 2.15. The fourth-order valence-corrected chi connectivity index (χ4v) is 5.13. The SMILES string of the molecule is Nc1c(NCc2ccc(-c3ccccc3)c3cc(-c4ccccc4)cc(O)c23)cccc1-c1ccccc1. The van der Waals surface area contributed by atoms with Crippen LogP contribution in [0, 0.1) is 0 Å². The number of aromatic hydroxyl groups is 1. The average molecular weight is 493 g/mol. The van der Waals surface area contributed by atoms with E-state index in [1.165, 1.54) is 0 Å². The molecule has 3 nitrogen and oxygen atoms in total. The number of nitrogens with one attached hydrogen (secondary N) is 1. The molecule has 0 saturated heterocycles. The Bertz CT molecular complexity index is 1710. The van der Waals surface area contributed by atoms with Gasteiger partial charge in [0.2, 0.25) is 0 Å². The summed E-state index contributed by atoms with van der Waals surface area (Å²) in [6, 6.07) is 45.0. The number of hydrogen-bond acceptors (Lipinski definition) is 3. The van der Waals surface area contributed by atoms with Crippen molar-refractivity contribution in [3.8, 4) is 39.1 Å². The minimum Gasteiger partial charge on any atom is -0.507 e. The Labute approximate surface area is 222 Å². The van der Waals surface area contributed by atoms with E-state index in [0.717, 1.165) is 55.4 Å². The van der Waals surface area contributed by atoms with Gasteiger partial charge in [-0.2, -0.15) is 0 Å². The number of phenolic OH excluding ortho intramolecular Hbond substituents is 1. The Hall–Kier alpha value is -5.02. The average Bonchev–Trinajstić information content (AvgIpc) is 2.97. The Morgan fingerprint density at radius 2 is 1.16 bits per heavy atom. The second-order valence-electron chi connectivity index (χ2n) is 9.41. The molecule has 0 radical (unpaired) electrons. The van der Waals surface area contributed by atoms with Crippen LogP contribution in [-0.4, -0.2) is 5.11 Å². The predicted molar refractivity (Wildman–Crippen MR) is 160 cm³/mol. The van der Waals surface area contributed by atoms with Crippen molar-refractivity contribution in [2.24, 2.45) is 0 Å². The van der Waals surface area contributed by atoms with E-state index in [0.29, 0.717) is 12.2 Å². The van der Waals surface area contributed by atoms with Gasteiger partial charge in [-0.3, -0.25) is 0 Å². The monoisotopic (exact) mass is 492 g/mol. The van der Waals surface area contributed by atoms with E-state index in [2.05, 4.69) is 59.9 Å². The van der Waals surface area contributed by atoms with Crippen LogP contribution in [0.3, 0.4) is 0 Å². The van der Waals surface area contributed by atoms with Crippen LogP contribution < -0.4 is 11.1 Å². The molecule has 0 heterocycles. The molecule has 0 unspecified atom stereocenters. The Morgan fingerprint density at radius 1 is 0.553 bits per heavy atom. The highest BCUT2D eigenvalue weighted by atomic mass is 16.3. The highest BCUT2D eigenvalue weighted by Crippen LogP contribution is 2.40. The Kier molecular flexibility index (Phi) is 6.25. The van der Waals surface area contributed by atoms with Gasteiger partial charge in [0.15, 0.2) is 0 Å². The molecule has 0 amide bonds. The quantitative estimate of drug-likeness (QED) is 0.204. The third-order valence-corrected chi connectivity index (χ3v) is 7.03. The molecule has 0 atom stereocenters. The second kappa shape index (κ2) is 10.2. The molecule has 38 heavy (non-hydrogen) atoms. The molecule has 4 N–H and O–H groups in total. The third kappa shape index (κ3) is 4.46. The molecule has 0 aliphatic heterocycles. The van der Waals surface area contributed by atoms with Gasteiger partial charge in [-0.25, -0.2) is 0 Å². The van der Waals surface area contributed by atoms with Gasteiger partial charge in [-0.15, -0.1) is 0 Å². The van der Waals surface area contributed by atoms with Crippen LogP contribution in [0.1, 0.15) is 5.56 Å². The lowest BCUT2D eigenvalue weighted by Gasteiger charge is -2.17. The summed E-state index contributed by atoms with van der Waals surface area (Å²) in [7, 11) is 0. The van der Waals surface area contributed by atoms with Gasteiger partial charge in [0.05, 0.1) is 11.4 Å². The molecule has 6 aromatic carbocycles. The van der Waals surface area contributed by atoms with Crippen molar-refractivity contribution in [1.29, 1.82) is 0 Å². The minimum atomic E-state index is 0.266. The van der Waals surface area contributed by atoms with Crippen molar-refractivity contribution in [2.75, 3.05) is 11.1 Å². The summed E-state index contributed by atoms with van der Waals surface area (Å²) in [6.45, 7) is 0.520. The van der Waals surface area contributed by atoms with Crippen LogP contribution in [0.15, 0.2) is 133 Å². The van der Waals surface area contributed by atoms with Crippen molar-refractivity contribution < 1.29 is 5.11 Å². The van der Waals surface area contributed by atoms with Gasteiger partial charge < -0.3 is 16.2 Å². The van der Waals surface area contributed by atoms with E-state index < -0.39 is 0 Å². The standard InChI is InChI=1S/C35H28N2O/c36-35-30(26-15-8-3-9-16-26)17-10-18-32(35)37-23-27-19-20-29(25-13-6-2-7-14-25)31-21-28(22-33(38)34(27)31)24-11-4-1-5-12-24/h1-22,37-38H,23,36H2. The number of nitrogen functional groups attached to an aromatic ring is 1. The number of fused-ring (bicyclic) bond motifs is 1. The van der Waals surface area contributed by atoms with E-state index in [1.54, 1.807) is 0 Å². The molecule has 0 aromatic heterocycles.